The largest absolute Gasteiger partial charge is 0.408 e. The zero-order chi connectivity index (χ0) is 12.5. The summed E-state index contributed by atoms with van der Waals surface area (Å²) in [5.41, 5.74) is -1.65. The minimum absolute atomic E-state index is 0.209. The quantitative estimate of drug-likeness (QED) is 0.828. The predicted octanol–water partition coefficient (Wildman–Crippen LogP) is 2.55. The zero-order valence-corrected chi connectivity index (χ0v) is 10.3. The van der Waals surface area contributed by atoms with Crippen LogP contribution in [-0.4, -0.2) is 42.3 Å². The Labute approximate surface area is 101 Å². The predicted molar refractivity (Wildman–Crippen MR) is 60.9 cm³/mol. The molecule has 0 amide bonds. The Morgan fingerprint density at radius 1 is 1.29 bits per heavy atom. The van der Waals surface area contributed by atoms with Crippen molar-refractivity contribution in [3.05, 3.63) is 0 Å². The highest BCUT2D eigenvalue weighted by Crippen LogP contribution is 2.45. The summed E-state index contributed by atoms with van der Waals surface area (Å²) in [7, 11) is 0. The van der Waals surface area contributed by atoms with Gasteiger partial charge in [0, 0.05) is 12.6 Å². The number of rotatable bonds is 3. The summed E-state index contributed by atoms with van der Waals surface area (Å²) < 4.78 is 40.3. The topological polar surface area (TPSA) is 15.3 Å². The Morgan fingerprint density at radius 3 is 2.71 bits per heavy atom. The highest BCUT2D eigenvalue weighted by atomic mass is 19.4. The second-order valence-corrected chi connectivity index (χ2v) is 5.19. The first-order chi connectivity index (χ1) is 8.01. The second-order valence-electron chi connectivity index (χ2n) is 5.19. The highest BCUT2D eigenvalue weighted by Gasteiger charge is 2.63. The lowest BCUT2D eigenvalue weighted by atomic mass is 9.84. The Bertz CT molecular complexity index is 267. The van der Waals surface area contributed by atoms with Gasteiger partial charge < -0.3 is 5.32 Å². The van der Waals surface area contributed by atoms with Gasteiger partial charge in [-0.1, -0.05) is 13.3 Å². The SMILES string of the molecule is CCCNC1(C(F)(F)F)CCN2CCCCC21. The minimum atomic E-state index is -4.14. The molecule has 0 saturated carbocycles. The monoisotopic (exact) mass is 250 g/mol. The summed E-state index contributed by atoms with van der Waals surface area (Å²) in [5, 5.41) is 2.82. The van der Waals surface area contributed by atoms with Crippen molar-refractivity contribution in [2.75, 3.05) is 19.6 Å². The van der Waals surface area contributed by atoms with E-state index >= 15 is 0 Å². The van der Waals surface area contributed by atoms with Gasteiger partial charge in [0.2, 0.25) is 0 Å². The lowest BCUT2D eigenvalue weighted by Crippen LogP contribution is -2.64. The van der Waals surface area contributed by atoms with Crippen molar-refractivity contribution in [3.63, 3.8) is 0 Å². The van der Waals surface area contributed by atoms with Crippen LogP contribution in [0.2, 0.25) is 0 Å². The molecular weight excluding hydrogens is 229 g/mol. The fourth-order valence-electron chi connectivity index (χ4n) is 3.29. The van der Waals surface area contributed by atoms with Crippen LogP contribution in [0.5, 0.6) is 0 Å². The fraction of sp³-hybridized carbons (Fsp3) is 1.00. The van der Waals surface area contributed by atoms with Crippen LogP contribution in [-0.2, 0) is 0 Å². The lowest BCUT2D eigenvalue weighted by Gasteiger charge is -2.42. The zero-order valence-electron chi connectivity index (χ0n) is 10.3. The molecular formula is C12H21F3N2. The van der Waals surface area contributed by atoms with Crippen molar-refractivity contribution in [1.29, 1.82) is 0 Å². The number of nitrogens with zero attached hydrogens (tertiary/aromatic N) is 1. The smallest absolute Gasteiger partial charge is 0.302 e. The third kappa shape index (κ3) is 2.19. The van der Waals surface area contributed by atoms with Gasteiger partial charge in [-0.15, -0.1) is 0 Å². The van der Waals surface area contributed by atoms with Crippen LogP contribution in [0.3, 0.4) is 0 Å². The van der Waals surface area contributed by atoms with Gasteiger partial charge in [0.1, 0.15) is 5.54 Å². The van der Waals surface area contributed by atoms with E-state index in [-0.39, 0.29) is 12.5 Å². The van der Waals surface area contributed by atoms with E-state index in [0.29, 0.717) is 19.5 Å². The standard InChI is InChI=1S/C12H21F3N2/c1-2-7-16-11(12(13,14)15)6-9-17-8-4-3-5-10(11)17/h10,16H,2-9H2,1H3. The van der Waals surface area contributed by atoms with Gasteiger partial charge in [0.15, 0.2) is 0 Å². The van der Waals surface area contributed by atoms with Crippen LogP contribution in [0.4, 0.5) is 13.2 Å². The van der Waals surface area contributed by atoms with E-state index in [1.807, 2.05) is 11.8 Å². The molecule has 2 atom stereocenters. The first-order valence-electron chi connectivity index (χ1n) is 6.57. The van der Waals surface area contributed by atoms with Crippen LogP contribution < -0.4 is 5.32 Å². The molecule has 0 aliphatic carbocycles. The molecule has 0 aromatic carbocycles. The van der Waals surface area contributed by atoms with Gasteiger partial charge in [-0.2, -0.15) is 13.2 Å². The molecule has 2 unspecified atom stereocenters. The van der Waals surface area contributed by atoms with Crippen molar-refractivity contribution < 1.29 is 13.2 Å². The van der Waals surface area contributed by atoms with Crippen LogP contribution in [0.25, 0.3) is 0 Å². The Morgan fingerprint density at radius 2 is 2.06 bits per heavy atom. The molecule has 2 heterocycles. The molecule has 2 aliphatic heterocycles. The second kappa shape index (κ2) is 4.76. The molecule has 2 aliphatic rings. The van der Waals surface area contributed by atoms with E-state index in [0.717, 1.165) is 25.8 Å². The van der Waals surface area contributed by atoms with Crippen LogP contribution in [0.15, 0.2) is 0 Å². The van der Waals surface area contributed by atoms with E-state index in [2.05, 4.69) is 5.32 Å². The number of piperidine rings is 1. The molecule has 1 N–H and O–H groups in total. The number of hydrogen-bond donors (Lipinski definition) is 1. The van der Waals surface area contributed by atoms with Crippen LogP contribution in [0.1, 0.15) is 39.0 Å². The lowest BCUT2D eigenvalue weighted by molar-refractivity contribution is -0.205. The van der Waals surface area contributed by atoms with Gasteiger partial charge >= 0.3 is 6.18 Å². The molecule has 0 radical (unpaired) electrons. The van der Waals surface area contributed by atoms with Crippen molar-refractivity contribution >= 4 is 0 Å². The van der Waals surface area contributed by atoms with Crippen LogP contribution in [0, 0.1) is 0 Å². The molecule has 0 bridgehead atoms. The van der Waals surface area contributed by atoms with Crippen molar-refractivity contribution in [2.24, 2.45) is 0 Å². The van der Waals surface area contributed by atoms with E-state index in [1.165, 1.54) is 0 Å². The molecule has 17 heavy (non-hydrogen) atoms. The molecule has 5 heteroatoms. The third-order valence-corrected chi connectivity index (χ3v) is 4.17. The number of nitrogens with one attached hydrogen (secondary N) is 1. The fourth-order valence-corrected chi connectivity index (χ4v) is 3.29. The molecule has 0 aromatic rings. The average molecular weight is 250 g/mol. The maximum absolute atomic E-state index is 13.4. The maximum atomic E-state index is 13.4. The Hall–Kier alpha value is -0.290. The summed E-state index contributed by atoms with van der Waals surface area (Å²) in [6, 6.07) is -0.345. The number of fused-ring (bicyclic) bond motifs is 1. The molecule has 100 valence electrons. The van der Waals surface area contributed by atoms with E-state index in [1.54, 1.807) is 0 Å². The first-order valence-corrected chi connectivity index (χ1v) is 6.57. The van der Waals surface area contributed by atoms with Crippen molar-refractivity contribution in [1.82, 2.24) is 10.2 Å². The summed E-state index contributed by atoms with van der Waals surface area (Å²) in [4.78, 5) is 2.03. The molecule has 0 aromatic heterocycles. The van der Waals surface area contributed by atoms with Gasteiger partial charge in [0.25, 0.3) is 0 Å². The first kappa shape index (κ1) is 13.1. The van der Waals surface area contributed by atoms with Crippen molar-refractivity contribution in [3.8, 4) is 0 Å². The van der Waals surface area contributed by atoms with E-state index < -0.39 is 11.7 Å². The number of hydrogen-bond acceptors (Lipinski definition) is 2. The molecule has 2 rings (SSSR count). The number of alkyl halides is 3. The number of halogens is 3. The molecule has 2 saturated heterocycles. The maximum Gasteiger partial charge on any atom is 0.408 e. The normalized spacial score (nSPS) is 34.9. The van der Waals surface area contributed by atoms with Crippen LogP contribution >= 0.6 is 0 Å². The Kier molecular flexibility index (Phi) is 3.69. The van der Waals surface area contributed by atoms with E-state index in [9.17, 15) is 13.2 Å². The molecule has 0 spiro atoms. The summed E-state index contributed by atoms with van der Waals surface area (Å²) >= 11 is 0. The Balaban J connectivity index is 2.21. The average Bonchev–Trinajstić information content (AvgIpc) is 2.66. The molecule has 2 fully saturated rings. The van der Waals surface area contributed by atoms with E-state index in [4.69, 9.17) is 0 Å². The van der Waals surface area contributed by atoms with Gasteiger partial charge in [0.05, 0.1) is 0 Å². The van der Waals surface area contributed by atoms with Crippen molar-refractivity contribution in [2.45, 2.75) is 56.8 Å². The summed E-state index contributed by atoms with van der Waals surface area (Å²) in [6.07, 6.45) is -0.550. The highest BCUT2D eigenvalue weighted by molar-refractivity contribution is 5.11. The summed E-state index contributed by atoms with van der Waals surface area (Å²) in [5.74, 6) is 0. The molecule has 2 nitrogen and oxygen atoms in total. The van der Waals surface area contributed by atoms with Gasteiger partial charge in [-0.05, 0) is 38.8 Å². The summed E-state index contributed by atoms with van der Waals surface area (Å²) in [6.45, 7) is 3.77. The minimum Gasteiger partial charge on any atom is -0.302 e. The third-order valence-electron chi connectivity index (χ3n) is 4.17. The van der Waals surface area contributed by atoms with Gasteiger partial charge in [-0.3, -0.25) is 4.90 Å². The van der Waals surface area contributed by atoms with Gasteiger partial charge in [-0.25, -0.2) is 0 Å².